The van der Waals surface area contributed by atoms with E-state index >= 15 is 0 Å². The number of benzene rings is 1. The summed E-state index contributed by atoms with van der Waals surface area (Å²) in [6.45, 7) is 1.91. The number of hydrogen-bond acceptors (Lipinski definition) is 2. The molecule has 1 fully saturated rings. The van der Waals surface area contributed by atoms with Crippen LogP contribution in [0.15, 0.2) is 48.7 Å². The van der Waals surface area contributed by atoms with E-state index in [2.05, 4.69) is 22.4 Å². The molecule has 3 rings (SSSR count). The van der Waals surface area contributed by atoms with Crippen molar-refractivity contribution in [3.63, 3.8) is 0 Å². The first kappa shape index (κ1) is 11.9. The Bertz CT molecular complexity index is 577. The van der Waals surface area contributed by atoms with Crippen molar-refractivity contribution in [1.82, 2.24) is 10.3 Å². The SMILES string of the molecule is Cc1ccc(C(=O)N[C@@H]2C[C@H]2c2ccccc2)cn1. The molecule has 1 saturated carbocycles. The number of amides is 1. The van der Waals surface area contributed by atoms with Crippen molar-refractivity contribution in [2.24, 2.45) is 0 Å². The summed E-state index contributed by atoms with van der Waals surface area (Å²) in [6, 6.07) is 14.3. The molecule has 1 amide bonds. The van der Waals surface area contributed by atoms with Gasteiger partial charge in [-0.05, 0) is 31.0 Å². The van der Waals surface area contributed by atoms with E-state index in [-0.39, 0.29) is 11.9 Å². The molecule has 0 bridgehead atoms. The summed E-state index contributed by atoms with van der Waals surface area (Å²) in [5.41, 5.74) is 2.85. The van der Waals surface area contributed by atoms with Crippen molar-refractivity contribution in [1.29, 1.82) is 0 Å². The van der Waals surface area contributed by atoms with Gasteiger partial charge >= 0.3 is 0 Å². The Hall–Kier alpha value is -2.16. The molecule has 0 unspecified atom stereocenters. The molecule has 0 aliphatic heterocycles. The van der Waals surface area contributed by atoms with Crippen LogP contribution in [0.25, 0.3) is 0 Å². The Morgan fingerprint density at radius 2 is 2.00 bits per heavy atom. The first-order valence-electron chi connectivity index (χ1n) is 6.52. The highest BCUT2D eigenvalue weighted by atomic mass is 16.1. The molecular weight excluding hydrogens is 236 g/mol. The smallest absolute Gasteiger partial charge is 0.253 e. The average molecular weight is 252 g/mol. The minimum absolute atomic E-state index is 0.0315. The lowest BCUT2D eigenvalue weighted by Gasteiger charge is -2.05. The molecular formula is C16H16N2O. The summed E-state index contributed by atoms with van der Waals surface area (Å²) in [6.07, 6.45) is 2.65. The normalized spacial score (nSPS) is 20.9. The summed E-state index contributed by atoms with van der Waals surface area (Å²) in [4.78, 5) is 16.2. The van der Waals surface area contributed by atoms with Crippen LogP contribution in [0.1, 0.15) is 34.0 Å². The van der Waals surface area contributed by atoms with Crippen LogP contribution in [0.5, 0.6) is 0 Å². The van der Waals surface area contributed by atoms with Crippen molar-refractivity contribution >= 4 is 5.91 Å². The van der Waals surface area contributed by atoms with Crippen molar-refractivity contribution in [3.8, 4) is 0 Å². The number of aromatic nitrogens is 1. The molecule has 1 aliphatic carbocycles. The van der Waals surface area contributed by atoms with E-state index in [4.69, 9.17) is 0 Å². The first-order chi connectivity index (χ1) is 9.24. The van der Waals surface area contributed by atoms with Crippen LogP contribution in [0, 0.1) is 6.92 Å². The monoisotopic (exact) mass is 252 g/mol. The van der Waals surface area contributed by atoms with Crippen LogP contribution < -0.4 is 5.32 Å². The summed E-state index contributed by atoms with van der Waals surface area (Å²) in [7, 11) is 0. The van der Waals surface area contributed by atoms with Crippen LogP contribution in [0.3, 0.4) is 0 Å². The van der Waals surface area contributed by atoms with E-state index in [0.29, 0.717) is 11.5 Å². The second-order valence-corrected chi connectivity index (χ2v) is 5.02. The fourth-order valence-corrected chi connectivity index (χ4v) is 2.28. The summed E-state index contributed by atoms with van der Waals surface area (Å²) in [5, 5.41) is 3.06. The van der Waals surface area contributed by atoms with Gasteiger partial charge in [-0.2, -0.15) is 0 Å². The minimum atomic E-state index is -0.0315. The third-order valence-electron chi connectivity index (χ3n) is 3.51. The minimum Gasteiger partial charge on any atom is -0.349 e. The topological polar surface area (TPSA) is 42.0 Å². The molecule has 96 valence electrons. The summed E-state index contributed by atoms with van der Waals surface area (Å²) >= 11 is 0. The highest BCUT2D eigenvalue weighted by Crippen LogP contribution is 2.40. The van der Waals surface area contributed by atoms with Crippen molar-refractivity contribution in [2.75, 3.05) is 0 Å². The fraction of sp³-hybridized carbons (Fsp3) is 0.250. The van der Waals surface area contributed by atoms with E-state index in [1.807, 2.05) is 37.3 Å². The average Bonchev–Trinajstić information content (AvgIpc) is 3.20. The van der Waals surface area contributed by atoms with Gasteiger partial charge in [0.25, 0.3) is 5.91 Å². The highest BCUT2D eigenvalue weighted by Gasteiger charge is 2.39. The third kappa shape index (κ3) is 2.65. The van der Waals surface area contributed by atoms with Gasteiger partial charge in [0, 0.05) is 23.9 Å². The Morgan fingerprint density at radius 3 is 2.68 bits per heavy atom. The summed E-state index contributed by atoms with van der Waals surface area (Å²) in [5.74, 6) is 0.430. The standard InChI is InChI=1S/C16H16N2O/c1-11-7-8-13(10-17-11)16(19)18-15-9-14(15)12-5-3-2-4-6-12/h2-8,10,14-15H,9H2,1H3,(H,18,19)/t14-,15+/m0/s1. The van der Waals surface area contributed by atoms with Gasteiger partial charge in [-0.3, -0.25) is 9.78 Å². The zero-order chi connectivity index (χ0) is 13.2. The van der Waals surface area contributed by atoms with Crippen LogP contribution in [0.4, 0.5) is 0 Å². The lowest BCUT2D eigenvalue weighted by molar-refractivity contribution is 0.0950. The van der Waals surface area contributed by atoms with Gasteiger partial charge in [-0.1, -0.05) is 30.3 Å². The molecule has 1 aromatic heterocycles. The Balaban J connectivity index is 1.62. The highest BCUT2D eigenvalue weighted by molar-refractivity contribution is 5.94. The molecule has 1 N–H and O–H groups in total. The predicted octanol–water partition coefficient (Wildman–Crippen LogP) is 2.68. The number of rotatable bonds is 3. The molecule has 3 heteroatoms. The van der Waals surface area contributed by atoms with Gasteiger partial charge < -0.3 is 5.32 Å². The number of nitrogens with one attached hydrogen (secondary N) is 1. The third-order valence-corrected chi connectivity index (χ3v) is 3.51. The number of hydrogen-bond donors (Lipinski definition) is 1. The quantitative estimate of drug-likeness (QED) is 0.912. The second kappa shape index (κ2) is 4.84. The summed E-state index contributed by atoms with van der Waals surface area (Å²) < 4.78 is 0. The second-order valence-electron chi connectivity index (χ2n) is 5.02. The van der Waals surface area contributed by atoms with E-state index in [1.54, 1.807) is 6.20 Å². The largest absolute Gasteiger partial charge is 0.349 e. The first-order valence-corrected chi connectivity index (χ1v) is 6.52. The van der Waals surface area contributed by atoms with Crippen LogP contribution in [0.2, 0.25) is 0 Å². The molecule has 0 radical (unpaired) electrons. The maximum atomic E-state index is 12.0. The molecule has 1 heterocycles. The van der Waals surface area contributed by atoms with Gasteiger partial charge in [0.15, 0.2) is 0 Å². The Morgan fingerprint density at radius 1 is 1.21 bits per heavy atom. The van der Waals surface area contributed by atoms with E-state index in [9.17, 15) is 4.79 Å². The molecule has 0 spiro atoms. The number of pyridine rings is 1. The van der Waals surface area contributed by atoms with Gasteiger partial charge in [-0.25, -0.2) is 0 Å². The Labute approximate surface area is 112 Å². The molecule has 1 aliphatic rings. The number of aryl methyl sites for hydroxylation is 1. The number of carbonyl (C=O) groups is 1. The van der Waals surface area contributed by atoms with E-state index in [1.165, 1.54) is 5.56 Å². The molecule has 3 nitrogen and oxygen atoms in total. The van der Waals surface area contributed by atoms with Gasteiger partial charge in [0.05, 0.1) is 5.56 Å². The molecule has 19 heavy (non-hydrogen) atoms. The van der Waals surface area contributed by atoms with Crippen molar-refractivity contribution < 1.29 is 4.79 Å². The van der Waals surface area contributed by atoms with Crippen molar-refractivity contribution in [3.05, 3.63) is 65.5 Å². The number of carbonyl (C=O) groups excluding carboxylic acids is 1. The van der Waals surface area contributed by atoms with E-state index < -0.39 is 0 Å². The number of nitrogens with zero attached hydrogens (tertiary/aromatic N) is 1. The zero-order valence-corrected chi connectivity index (χ0v) is 10.8. The van der Waals surface area contributed by atoms with Gasteiger partial charge in [0.2, 0.25) is 0 Å². The van der Waals surface area contributed by atoms with Gasteiger partial charge in [0.1, 0.15) is 0 Å². The maximum absolute atomic E-state index is 12.0. The lowest BCUT2D eigenvalue weighted by Crippen LogP contribution is -2.26. The molecule has 0 saturated heterocycles. The molecule has 2 atom stereocenters. The van der Waals surface area contributed by atoms with Crippen molar-refractivity contribution in [2.45, 2.75) is 25.3 Å². The zero-order valence-electron chi connectivity index (χ0n) is 10.8. The lowest BCUT2D eigenvalue weighted by atomic mass is 10.1. The van der Waals surface area contributed by atoms with Crippen LogP contribution in [-0.4, -0.2) is 16.9 Å². The van der Waals surface area contributed by atoms with Crippen LogP contribution in [-0.2, 0) is 0 Å². The molecule has 1 aromatic carbocycles. The van der Waals surface area contributed by atoms with Gasteiger partial charge in [-0.15, -0.1) is 0 Å². The Kier molecular flexibility index (Phi) is 3.03. The maximum Gasteiger partial charge on any atom is 0.253 e. The van der Waals surface area contributed by atoms with Crippen LogP contribution >= 0.6 is 0 Å². The fourth-order valence-electron chi connectivity index (χ4n) is 2.28. The van der Waals surface area contributed by atoms with E-state index in [0.717, 1.165) is 12.1 Å². The molecule has 2 aromatic rings. The predicted molar refractivity (Wildman–Crippen MR) is 74.0 cm³/mol.